The van der Waals surface area contributed by atoms with Crippen molar-refractivity contribution in [2.24, 2.45) is 0 Å². The van der Waals surface area contributed by atoms with Gasteiger partial charge in [0.25, 0.3) is 0 Å². The molecule has 0 radical (unpaired) electrons. The van der Waals surface area contributed by atoms with Crippen LogP contribution in [0.2, 0.25) is 0 Å². The van der Waals surface area contributed by atoms with Crippen molar-refractivity contribution in [1.82, 2.24) is 0 Å². The second kappa shape index (κ2) is 6.35. The third-order valence-corrected chi connectivity index (χ3v) is 3.53. The first-order valence-electron chi connectivity index (χ1n) is 7.35. The Hall–Kier alpha value is -2.74. The Kier molecular flexibility index (Phi) is 4.10. The lowest BCUT2D eigenvalue weighted by Crippen LogP contribution is -1.96. The van der Waals surface area contributed by atoms with Crippen LogP contribution in [-0.2, 0) is 6.61 Å². The van der Waals surface area contributed by atoms with Gasteiger partial charge < -0.3 is 10.5 Å². The SMILES string of the molecule is Cc1cccc(-c2cc(N)cc(OCc3ccccc3)c2)c1. The highest BCUT2D eigenvalue weighted by atomic mass is 16.5. The van der Waals surface area contributed by atoms with Gasteiger partial charge in [0.05, 0.1) is 0 Å². The van der Waals surface area contributed by atoms with Gasteiger partial charge in [0.1, 0.15) is 12.4 Å². The molecule has 0 amide bonds. The standard InChI is InChI=1S/C20H19NO/c1-15-6-5-9-17(10-15)18-11-19(21)13-20(12-18)22-14-16-7-3-2-4-8-16/h2-13H,14,21H2,1H3. The van der Waals surface area contributed by atoms with Crippen molar-refractivity contribution in [3.8, 4) is 16.9 Å². The van der Waals surface area contributed by atoms with Gasteiger partial charge in [-0.05, 0) is 35.7 Å². The van der Waals surface area contributed by atoms with E-state index in [0.717, 1.165) is 22.4 Å². The van der Waals surface area contributed by atoms with Gasteiger partial charge in [-0.3, -0.25) is 0 Å². The first kappa shape index (κ1) is 14.2. The van der Waals surface area contributed by atoms with E-state index in [1.807, 2.05) is 48.5 Å². The average molecular weight is 289 g/mol. The zero-order valence-corrected chi connectivity index (χ0v) is 12.6. The van der Waals surface area contributed by atoms with Crippen LogP contribution in [0.4, 0.5) is 5.69 Å². The molecule has 0 saturated heterocycles. The minimum Gasteiger partial charge on any atom is -0.489 e. The van der Waals surface area contributed by atoms with Crippen LogP contribution in [0, 0.1) is 6.92 Å². The van der Waals surface area contributed by atoms with Crippen molar-refractivity contribution in [1.29, 1.82) is 0 Å². The molecule has 3 aromatic carbocycles. The third-order valence-electron chi connectivity index (χ3n) is 3.53. The van der Waals surface area contributed by atoms with E-state index in [-0.39, 0.29) is 0 Å². The number of hydrogen-bond donors (Lipinski definition) is 1. The van der Waals surface area contributed by atoms with Crippen LogP contribution >= 0.6 is 0 Å². The molecule has 0 aliphatic heterocycles. The van der Waals surface area contributed by atoms with Crippen molar-refractivity contribution in [2.45, 2.75) is 13.5 Å². The van der Waals surface area contributed by atoms with Gasteiger partial charge in [0, 0.05) is 11.8 Å². The molecular formula is C20H19NO. The number of aryl methyl sites for hydroxylation is 1. The molecule has 0 spiro atoms. The summed E-state index contributed by atoms with van der Waals surface area (Å²) in [5.41, 5.74) is 11.3. The Balaban J connectivity index is 1.84. The lowest BCUT2D eigenvalue weighted by Gasteiger charge is -2.10. The summed E-state index contributed by atoms with van der Waals surface area (Å²) in [6.07, 6.45) is 0. The van der Waals surface area contributed by atoms with E-state index < -0.39 is 0 Å². The summed E-state index contributed by atoms with van der Waals surface area (Å²) >= 11 is 0. The summed E-state index contributed by atoms with van der Waals surface area (Å²) in [5, 5.41) is 0. The lowest BCUT2D eigenvalue weighted by molar-refractivity contribution is 0.306. The maximum atomic E-state index is 6.02. The molecule has 2 N–H and O–H groups in total. The predicted molar refractivity (Wildman–Crippen MR) is 91.8 cm³/mol. The molecule has 22 heavy (non-hydrogen) atoms. The molecule has 0 atom stereocenters. The molecule has 110 valence electrons. The van der Waals surface area contributed by atoms with Crippen molar-refractivity contribution in [2.75, 3.05) is 5.73 Å². The van der Waals surface area contributed by atoms with Gasteiger partial charge in [-0.1, -0.05) is 60.2 Å². The van der Waals surface area contributed by atoms with Crippen LogP contribution in [-0.4, -0.2) is 0 Å². The molecule has 2 nitrogen and oxygen atoms in total. The largest absolute Gasteiger partial charge is 0.489 e. The molecule has 3 rings (SSSR count). The molecule has 0 heterocycles. The topological polar surface area (TPSA) is 35.2 Å². The van der Waals surface area contributed by atoms with Crippen LogP contribution in [0.15, 0.2) is 72.8 Å². The highest BCUT2D eigenvalue weighted by Gasteiger charge is 2.04. The van der Waals surface area contributed by atoms with Gasteiger partial charge in [0.2, 0.25) is 0 Å². The molecule has 0 aliphatic carbocycles. The fourth-order valence-electron chi connectivity index (χ4n) is 2.44. The highest BCUT2D eigenvalue weighted by Crippen LogP contribution is 2.28. The lowest BCUT2D eigenvalue weighted by atomic mass is 10.0. The zero-order chi connectivity index (χ0) is 15.4. The van der Waals surface area contributed by atoms with Crippen LogP contribution in [0.5, 0.6) is 5.75 Å². The van der Waals surface area contributed by atoms with E-state index in [9.17, 15) is 0 Å². The van der Waals surface area contributed by atoms with E-state index in [1.54, 1.807) is 0 Å². The van der Waals surface area contributed by atoms with E-state index >= 15 is 0 Å². The van der Waals surface area contributed by atoms with E-state index in [4.69, 9.17) is 10.5 Å². The van der Waals surface area contributed by atoms with Crippen LogP contribution in [0.3, 0.4) is 0 Å². The van der Waals surface area contributed by atoms with Crippen LogP contribution in [0.1, 0.15) is 11.1 Å². The average Bonchev–Trinajstić information content (AvgIpc) is 2.53. The summed E-state index contributed by atoms with van der Waals surface area (Å²) in [5.74, 6) is 0.792. The predicted octanol–water partition coefficient (Wildman–Crippen LogP) is 4.82. The smallest absolute Gasteiger partial charge is 0.122 e. The van der Waals surface area contributed by atoms with Gasteiger partial charge in [-0.15, -0.1) is 0 Å². The number of hydrogen-bond acceptors (Lipinski definition) is 2. The first-order chi connectivity index (χ1) is 10.7. The quantitative estimate of drug-likeness (QED) is 0.699. The zero-order valence-electron chi connectivity index (χ0n) is 12.6. The summed E-state index contributed by atoms with van der Waals surface area (Å²) in [4.78, 5) is 0. The summed E-state index contributed by atoms with van der Waals surface area (Å²) in [7, 11) is 0. The van der Waals surface area contributed by atoms with Gasteiger partial charge >= 0.3 is 0 Å². The van der Waals surface area contributed by atoms with Gasteiger partial charge in [0.15, 0.2) is 0 Å². The van der Waals surface area contributed by atoms with Gasteiger partial charge in [-0.25, -0.2) is 0 Å². The number of rotatable bonds is 4. The fourth-order valence-corrected chi connectivity index (χ4v) is 2.44. The van der Waals surface area contributed by atoms with Crippen molar-refractivity contribution < 1.29 is 4.74 Å². The number of nitrogen functional groups attached to an aromatic ring is 1. The summed E-state index contributed by atoms with van der Waals surface area (Å²) < 4.78 is 5.89. The van der Waals surface area contributed by atoms with E-state index in [2.05, 4.69) is 31.2 Å². The molecule has 0 unspecified atom stereocenters. The third kappa shape index (κ3) is 3.47. The second-order valence-electron chi connectivity index (χ2n) is 5.43. The maximum Gasteiger partial charge on any atom is 0.122 e. The van der Waals surface area contributed by atoms with Gasteiger partial charge in [-0.2, -0.15) is 0 Å². The monoisotopic (exact) mass is 289 g/mol. The first-order valence-corrected chi connectivity index (χ1v) is 7.35. The maximum absolute atomic E-state index is 6.02. The summed E-state index contributed by atoms with van der Waals surface area (Å²) in [6.45, 7) is 2.63. The Morgan fingerprint density at radius 2 is 1.64 bits per heavy atom. The molecule has 2 heteroatoms. The normalized spacial score (nSPS) is 10.4. The fraction of sp³-hybridized carbons (Fsp3) is 0.100. The molecule has 0 bridgehead atoms. The molecule has 0 aliphatic rings. The minimum absolute atomic E-state index is 0.539. The number of nitrogens with two attached hydrogens (primary N) is 1. The molecule has 3 aromatic rings. The Morgan fingerprint density at radius 3 is 2.41 bits per heavy atom. The molecule has 0 aromatic heterocycles. The Morgan fingerprint density at radius 1 is 0.818 bits per heavy atom. The molecular weight excluding hydrogens is 270 g/mol. The summed E-state index contributed by atoms with van der Waals surface area (Å²) in [6, 6.07) is 24.4. The highest BCUT2D eigenvalue weighted by molar-refractivity contribution is 5.70. The van der Waals surface area contributed by atoms with Crippen LogP contribution in [0.25, 0.3) is 11.1 Å². The molecule has 0 saturated carbocycles. The minimum atomic E-state index is 0.539. The number of anilines is 1. The van der Waals surface area contributed by atoms with Crippen molar-refractivity contribution in [3.63, 3.8) is 0 Å². The van der Waals surface area contributed by atoms with Crippen LogP contribution < -0.4 is 10.5 Å². The molecule has 0 fully saturated rings. The second-order valence-corrected chi connectivity index (χ2v) is 5.43. The number of ether oxygens (including phenoxy) is 1. The van der Waals surface area contributed by atoms with Crippen molar-refractivity contribution >= 4 is 5.69 Å². The Labute approximate surface area is 131 Å². The van der Waals surface area contributed by atoms with E-state index in [0.29, 0.717) is 12.3 Å². The van der Waals surface area contributed by atoms with E-state index in [1.165, 1.54) is 5.56 Å². The Bertz CT molecular complexity index is 766. The number of benzene rings is 3. The van der Waals surface area contributed by atoms with Crippen molar-refractivity contribution in [3.05, 3.63) is 83.9 Å².